The van der Waals surface area contributed by atoms with Gasteiger partial charge in [-0.1, -0.05) is 19.1 Å². The average molecular weight is 315 g/mol. The van der Waals surface area contributed by atoms with Crippen molar-refractivity contribution in [3.8, 4) is 17.0 Å². The van der Waals surface area contributed by atoms with Crippen LogP contribution in [0.2, 0.25) is 0 Å². The fourth-order valence-electron chi connectivity index (χ4n) is 2.89. The highest BCUT2D eigenvalue weighted by Gasteiger charge is 2.20. The largest absolute Gasteiger partial charge is 0.493 e. The fraction of sp³-hybridized carbons (Fsp3) is 0.353. The summed E-state index contributed by atoms with van der Waals surface area (Å²) in [6, 6.07) is 8.03. The lowest BCUT2D eigenvalue weighted by molar-refractivity contribution is 0.341. The number of hydrogen-bond donors (Lipinski definition) is 1. The summed E-state index contributed by atoms with van der Waals surface area (Å²) in [5, 5.41) is 0. The third-order valence-electron chi connectivity index (χ3n) is 3.83. The zero-order valence-electron chi connectivity index (χ0n) is 13.2. The van der Waals surface area contributed by atoms with Crippen molar-refractivity contribution < 1.29 is 4.74 Å². The Hall–Kier alpha value is -1.85. The van der Waals surface area contributed by atoms with Crippen LogP contribution in [0.4, 0.5) is 0 Å². The van der Waals surface area contributed by atoms with E-state index in [1.54, 1.807) is 11.3 Å². The summed E-state index contributed by atoms with van der Waals surface area (Å²) in [6.45, 7) is 7.40. The molecule has 2 N–H and O–H groups in total. The van der Waals surface area contributed by atoms with E-state index in [1.807, 2.05) is 25.1 Å². The summed E-state index contributed by atoms with van der Waals surface area (Å²) in [7, 11) is 0. The summed E-state index contributed by atoms with van der Waals surface area (Å²) in [6.07, 6.45) is 0.974. The Kier molecular flexibility index (Phi) is 4.18. The Labute approximate surface area is 134 Å². The lowest BCUT2D eigenvalue weighted by atomic mass is 10.1. The van der Waals surface area contributed by atoms with Crippen LogP contribution < -0.4 is 10.5 Å². The van der Waals surface area contributed by atoms with Crippen LogP contribution in [0.3, 0.4) is 0 Å². The van der Waals surface area contributed by atoms with Crippen molar-refractivity contribution in [2.24, 2.45) is 5.73 Å². The molecular weight excluding hydrogens is 294 g/mol. The van der Waals surface area contributed by atoms with Gasteiger partial charge in [-0.2, -0.15) is 0 Å². The van der Waals surface area contributed by atoms with E-state index in [9.17, 15) is 0 Å². The van der Waals surface area contributed by atoms with E-state index in [0.29, 0.717) is 13.2 Å². The van der Waals surface area contributed by atoms with Crippen LogP contribution in [0.5, 0.6) is 5.75 Å². The van der Waals surface area contributed by atoms with Crippen LogP contribution >= 0.6 is 11.3 Å². The van der Waals surface area contributed by atoms with Gasteiger partial charge >= 0.3 is 0 Å². The van der Waals surface area contributed by atoms with Crippen LogP contribution in [0.1, 0.15) is 30.1 Å². The molecule has 0 saturated carbocycles. The Morgan fingerprint density at radius 1 is 1.23 bits per heavy atom. The number of fused-ring (bicyclic) bond motifs is 1. The molecule has 0 amide bonds. The van der Waals surface area contributed by atoms with Crippen molar-refractivity contribution in [1.29, 1.82) is 0 Å². The number of nitrogens with two attached hydrogens (primary N) is 1. The predicted octanol–water partition coefficient (Wildman–Crippen LogP) is 3.79. The van der Waals surface area contributed by atoms with Crippen molar-refractivity contribution in [3.05, 3.63) is 40.5 Å². The Morgan fingerprint density at radius 2 is 2.00 bits per heavy atom. The minimum absolute atomic E-state index is 0.458. The highest BCUT2D eigenvalue weighted by Crippen LogP contribution is 2.35. The monoisotopic (exact) mass is 315 g/mol. The molecule has 0 saturated heterocycles. The third-order valence-corrected chi connectivity index (χ3v) is 4.83. The summed E-state index contributed by atoms with van der Waals surface area (Å²) in [5.41, 5.74) is 10.4. The molecule has 0 unspecified atom stereocenters. The van der Waals surface area contributed by atoms with Gasteiger partial charge in [0.1, 0.15) is 5.75 Å². The fourth-order valence-corrected chi connectivity index (χ4v) is 3.96. The van der Waals surface area contributed by atoms with Crippen molar-refractivity contribution in [3.63, 3.8) is 0 Å². The number of ether oxygens (including phenoxy) is 1. The molecule has 0 aliphatic heterocycles. The molecule has 2 aromatic heterocycles. The average Bonchev–Trinajstić information content (AvgIpc) is 3.02. The van der Waals surface area contributed by atoms with Gasteiger partial charge in [-0.25, -0.2) is 4.98 Å². The van der Waals surface area contributed by atoms with Gasteiger partial charge in [-0.05, 0) is 32.4 Å². The molecule has 0 radical (unpaired) electrons. The summed E-state index contributed by atoms with van der Waals surface area (Å²) in [5.74, 6) is 0.861. The number of aromatic nitrogens is 2. The molecule has 0 atom stereocenters. The normalized spacial score (nSPS) is 11.3. The zero-order valence-corrected chi connectivity index (χ0v) is 14.0. The molecule has 0 spiro atoms. The van der Waals surface area contributed by atoms with E-state index >= 15 is 0 Å². The Balaban J connectivity index is 2.26. The first-order valence-electron chi connectivity index (χ1n) is 7.63. The molecule has 1 aromatic carbocycles. The molecule has 0 aliphatic rings. The second-order valence-corrected chi connectivity index (χ2v) is 6.30. The van der Waals surface area contributed by atoms with Crippen molar-refractivity contribution in [2.45, 2.75) is 33.7 Å². The maximum atomic E-state index is 6.06. The number of aryl methyl sites for hydroxylation is 2. The number of imidazole rings is 1. The van der Waals surface area contributed by atoms with Crippen molar-refractivity contribution >= 4 is 16.3 Å². The van der Waals surface area contributed by atoms with E-state index in [0.717, 1.165) is 34.1 Å². The van der Waals surface area contributed by atoms with E-state index < -0.39 is 0 Å². The van der Waals surface area contributed by atoms with Crippen LogP contribution in [0.15, 0.2) is 24.3 Å². The SMILES string of the molecule is CCOc1ccccc1-c1nc2sc(C)c(CC)n2c1CN. The molecule has 116 valence electrons. The molecule has 4 nitrogen and oxygen atoms in total. The van der Waals surface area contributed by atoms with Crippen LogP contribution in [0, 0.1) is 6.92 Å². The minimum atomic E-state index is 0.458. The predicted molar refractivity (Wildman–Crippen MR) is 91.7 cm³/mol. The quantitative estimate of drug-likeness (QED) is 0.779. The highest BCUT2D eigenvalue weighted by atomic mass is 32.1. The molecule has 3 aromatic rings. The molecule has 0 aliphatic carbocycles. The second-order valence-electron chi connectivity index (χ2n) is 5.12. The van der Waals surface area contributed by atoms with E-state index in [2.05, 4.69) is 24.3 Å². The lowest BCUT2D eigenvalue weighted by Crippen LogP contribution is -2.05. The molecule has 3 rings (SSSR count). The maximum absolute atomic E-state index is 6.06. The molecule has 5 heteroatoms. The van der Waals surface area contributed by atoms with Gasteiger partial charge in [-0.3, -0.25) is 4.40 Å². The molecule has 0 fully saturated rings. The van der Waals surface area contributed by atoms with Crippen molar-refractivity contribution in [1.82, 2.24) is 9.38 Å². The van der Waals surface area contributed by atoms with Gasteiger partial charge in [0.05, 0.1) is 18.0 Å². The minimum Gasteiger partial charge on any atom is -0.493 e. The standard InChI is InChI=1S/C17H21N3OS/c1-4-13-11(3)22-17-19-16(14(10-18)20(13)17)12-8-6-7-9-15(12)21-5-2/h6-9H,4-5,10,18H2,1-3H3. The van der Waals surface area contributed by atoms with Crippen LogP contribution in [-0.2, 0) is 13.0 Å². The highest BCUT2D eigenvalue weighted by molar-refractivity contribution is 7.17. The summed E-state index contributed by atoms with van der Waals surface area (Å²) < 4.78 is 7.98. The van der Waals surface area contributed by atoms with Gasteiger partial charge in [-0.15, -0.1) is 11.3 Å². The smallest absolute Gasteiger partial charge is 0.194 e. The first-order chi connectivity index (χ1) is 10.7. The maximum Gasteiger partial charge on any atom is 0.194 e. The summed E-state index contributed by atoms with van der Waals surface area (Å²) in [4.78, 5) is 7.17. The van der Waals surface area contributed by atoms with Crippen molar-refractivity contribution in [2.75, 3.05) is 6.61 Å². The van der Waals surface area contributed by atoms with Gasteiger partial charge in [0.15, 0.2) is 4.96 Å². The van der Waals surface area contributed by atoms with Gasteiger partial charge < -0.3 is 10.5 Å². The van der Waals surface area contributed by atoms with Gasteiger partial charge in [0.25, 0.3) is 0 Å². The van der Waals surface area contributed by atoms with Gasteiger partial charge in [0.2, 0.25) is 0 Å². The topological polar surface area (TPSA) is 52.5 Å². The first-order valence-corrected chi connectivity index (χ1v) is 8.44. The number of benzene rings is 1. The number of nitrogens with zero attached hydrogens (tertiary/aromatic N) is 2. The zero-order chi connectivity index (χ0) is 15.7. The molecule has 0 bridgehead atoms. The second kappa shape index (κ2) is 6.10. The Morgan fingerprint density at radius 3 is 2.68 bits per heavy atom. The number of thiazole rings is 1. The third kappa shape index (κ3) is 2.30. The molecule has 2 heterocycles. The van der Waals surface area contributed by atoms with E-state index in [1.165, 1.54) is 10.6 Å². The number of para-hydroxylation sites is 1. The lowest BCUT2D eigenvalue weighted by Gasteiger charge is -2.10. The van der Waals surface area contributed by atoms with E-state index in [-0.39, 0.29) is 0 Å². The Bertz CT molecular complexity index is 804. The van der Waals surface area contributed by atoms with Crippen LogP contribution in [-0.4, -0.2) is 16.0 Å². The van der Waals surface area contributed by atoms with Crippen LogP contribution in [0.25, 0.3) is 16.2 Å². The summed E-state index contributed by atoms with van der Waals surface area (Å²) >= 11 is 1.72. The molecular formula is C17H21N3OS. The van der Waals surface area contributed by atoms with Gasteiger partial charge in [0, 0.05) is 22.7 Å². The number of rotatable bonds is 5. The molecule has 22 heavy (non-hydrogen) atoms. The van der Waals surface area contributed by atoms with E-state index in [4.69, 9.17) is 15.5 Å². The number of hydrogen-bond acceptors (Lipinski definition) is 4. The first kappa shape index (κ1) is 15.1.